The van der Waals surface area contributed by atoms with Crippen molar-refractivity contribution in [2.75, 3.05) is 0 Å². The van der Waals surface area contributed by atoms with Crippen LogP contribution in [0.3, 0.4) is 0 Å². The predicted molar refractivity (Wildman–Crippen MR) is 191 cm³/mol. The number of aromatic nitrogens is 5. The molecule has 0 aliphatic carbocycles. The highest BCUT2D eigenvalue weighted by Gasteiger charge is 2.21. The lowest BCUT2D eigenvalue weighted by atomic mass is 10.0. The van der Waals surface area contributed by atoms with Crippen LogP contribution in [0.2, 0.25) is 0 Å². The minimum absolute atomic E-state index is 0.561. The summed E-state index contributed by atoms with van der Waals surface area (Å²) in [5.41, 5.74) is 7.50. The third kappa shape index (κ3) is 4.10. The number of thiazole rings is 1. The van der Waals surface area contributed by atoms with Gasteiger partial charge in [0.25, 0.3) is 0 Å². The number of para-hydroxylation sites is 3. The van der Waals surface area contributed by atoms with E-state index < -0.39 is 0 Å². The molecule has 4 heterocycles. The lowest BCUT2D eigenvalue weighted by molar-refractivity contribution is 0.669. The van der Waals surface area contributed by atoms with Gasteiger partial charge in [0.05, 0.1) is 21.3 Å². The molecular weight excluding hydrogens is 599 g/mol. The van der Waals surface area contributed by atoms with E-state index >= 15 is 0 Å². The topological polar surface area (TPSA) is 69.6 Å². The summed E-state index contributed by atoms with van der Waals surface area (Å²) in [5, 5.41) is 5.23. The van der Waals surface area contributed by atoms with Crippen molar-refractivity contribution in [2.45, 2.75) is 0 Å². The van der Waals surface area contributed by atoms with Crippen LogP contribution in [0.15, 0.2) is 144 Å². The number of rotatable bonds is 4. The molecule has 0 spiro atoms. The van der Waals surface area contributed by atoms with Crippen LogP contribution >= 0.6 is 11.3 Å². The first-order valence-electron chi connectivity index (χ1n) is 15.4. The fourth-order valence-corrected chi connectivity index (χ4v) is 7.54. The number of hydrogen-bond donors (Lipinski definition) is 0. The molecule has 0 atom stereocenters. The lowest BCUT2D eigenvalue weighted by Crippen LogP contribution is -2.06. The second-order valence-electron chi connectivity index (χ2n) is 11.5. The number of benzene rings is 6. The van der Waals surface area contributed by atoms with Crippen LogP contribution < -0.4 is 0 Å². The SMILES string of the molecule is c1ccc(-c2nc(-c3cccc4oc5ccc(-c6nc7ccccc7s6)cc5c34)nc(-n3c4ccccc4c4ccccc43)n2)cc1. The summed E-state index contributed by atoms with van der Waals surface area (Å²) < 4.78 is 9.71. The molecular formula is C40H23N5OS. The average Bonchev–Trinajstić information content (AvgIpc) is 3.83. The molecule has 10 aromatic rings. The minimum Gasteiger partial charge on any atom is -0.456 e. The van der Waals surface area contributed by atoms with E-state index in [9.17, 15) is 0 Å². The first-order valence-corrected chi connectivity index (χ1v) is 16.2. The molecule has 7 heteroatoms. The number of fused-ring (bicyclic) bond motifs is 7. The van der Waals surface area contributed by atoms with Crippen molar-refractivity contribution in [3.05, 3.63) is 140 Å². The van der Waals surface area contributed by atoms with Gasteiger partial charge in [0.1, 0.15) is 16.2 Å². The molecule has 0 aliphatic heterocycles. The Morgan fingerprint density at radius 1 is 0.511 bits per heavy atom. The Labute approximate surface area is 272 Å². The highest BCUT2D eigenvalue weighted by atomic mass is 32.1. The van der Waals surface area contributed by atoms with Crippen molar-refractivity contribution in [1.29, 1.82) is 0 Å². The van der Waals surface area contributed by atoms with Gasteiger partial charge >= 0.3 is 0 Å². The van der Waals surface area contributed by atoms with E-state index in [4.69, 9.17) is 24.4 Å². The lowest BCUT2D eigenvalue weighted by Gasteiger charge is -2.11. The van der Waals surface area contributed by atoms with Gasteiger partial charge in [-0.3, -0.25) is 4.57 Å². The van der Waals surface area contributed by atoms with E-state index in [1.54, 1.807) is 11.3 Å². The highest BCUT2D eigenvalue weighted by Crippen LogP contribution is 2.40. The maximum Gasteiger partial charge on any atom is 0.238 e. The van der Waals surface area contributed by atoms with Crippen molar-refractivity contribution in [3.63, 3.8) is 0 Å². The molecule has 0 fully saturated rings. The second-order valence-corrected chi connectivity index (χ2v) is 12.5. The second kappa shape index (κ2) is 10.2. The molecule has 6 nitrogen and oxygen atoms in total. The Hall–Kier alpha value is -6.18. The van der Waals surface area contributed by atoms with E-state index in [2.05, 4.69) is 89.5 Å². The molecule has 220 valence electrons. The summed E-state index contributed by atoms with van der Waals surface area (Å²) in [4.78, 5) is 20.3. The summed E-state index contributed by atoms with van der Waals surface area (Å²) in [7, 11) is 0. The maximum atomic E-state index is 6.40. The van der Waals surface area contributed by atoms with Crippen molar-refractivity contribution < 1.29 is 4.42 Å². The Kier molecular flexibility index (Phi) is 5.64. The van der Waals surface area contributed by atoms with Crippen molar-refractivity contribution in [1.82, 2.24) is 24.5 Å². The Balaban J connectivity index is 1.24. The summed E-state index contributed by atoms with van der Waals surface area (Å²) in [6.45, 7) is 0. The van der Waals surface area contributed by atoms with Crippen LogP contribution in [0.25, 0.3) is 93.3 Å². The Morgan fingerprint density at radius 2 is 1.23 bits per heavy atom. The van der Waals surface area contributed by atoms with Crippen LogP contribution in [0.1, 0.15) is 0 Å². The zero-order valence-corrected chi connectivity index (χ0v) is 25.6. The first-order chi connectivity index (χ1) is 23.3. The van der Waals surface area contributed by atoms with Gasteiger partial charge < -0.3 is 4.42 Å². The van der Waals surface area contributed by atoms with Crippen LogP contribution in [0.4, 0.5) is 0 Å². The van der Waals surface area contributed by atoms with E-state index in [0.29, 0.717) is 17.6 Å². The fraction of sp³-hybridized carbons (Fsp3) is 0. The maximum absolute atomic E-state index is 6.40. The molecule has 0 saturated carbocycles. The first kappa shape index (κ1) is 26.1. The van der Waals surface area contributed by atoms with Crippen LogP contribution in [-0.4, -0.2) is 24.5 Å². The fourth-order valence-electron chi connectivity index (χ4n) is 6.58. The number of hydrogen-bond acceptors (Lipinski definition) is 6. The quantitative estimate of drug-likeness (QED) is 0.196. The molecule has 0 saturated heterocycles. The van der Waals surface area contributed by atoms with Crippen LogP contribution in [-0.2, 0) is 0 Å². The summed E-state index contributed by atoms with van der Waals surface area (Å²) >= 11 is 1.69. The van der Waals surface area contributed by atoms with Crippen molar-refractivity contribution >= 4 is 65.3 Å². The van der Waals surface area contributed by atoms with E-state index in [1.807, 2.05) is 54.6 Å². The van der Waals surface area contributed by atoms with Gasteiger partial charge in [-0.05, 0) is 48.5 Å². The van der Waals surface area contributed by atoms with E-state index in [0.717, 1.165) is 75.7 Å². The van der Waals surface area contributed by atoms with Gasteiger partial charge in [0, 0.05) is 38.2 Å². The predicted octanol–water partition coefficient (Wildman–Crippen LogP) is 10.5. The monoisotopic (exact) mass is 621 g/mol. The largest absolute Gasteiger partial charge is 0.456 e. The van der Waals surface area contributed by atoms with Gasteiger partial charge in [-0.1, -0.05) is 91.0 Å². The molecule has 0 unspecified atom stereocenters. The zero-order valence-electron chi connectivity index (χ0n) is 24.8. The van der Waals surface area contributed by atoms with Gasteiger partial charge in [-0.15, -0.1) is 11.3 Å². The smallest absolute Gasteiger partial charge is 0.238 e. The van der Waals surface area contributed by atoms with Crippen LogP contribution in [0.5, 0.6) is 0 Å². The van der Waals surface area contributed by atoms with Gasteiger partial charge in [0.2, 0.25) is 5.95 Å². The molecule has 0 radical (unpaired) electrons. The number of furan rings is 1. The standard InChI is InChI=1S/C40H23N5OS/c1-2-11-24(12-3-1)37-42-38(44-40(43-37)45-31-17-7-4-13-26(31)27-14-5-8-18-32(27)45)28-15-10-19-34-36(28)29-23-25(21-22-33(29)46-34)39-41-30-16-6-9-20-35(30)47-39/h1-23H. The zero-order chi connectivity index (χ0) is 30.9. The molecule has 0 aliphatic rings. The third-order valence-electron chi connectivity index (χ3n) is 8.71. The normalized spacial score (nSPS) is 11.8. The molecule has 0 bridgehead atoms. The Bertz CT molecular complexity index is 2730. The summed E-state index contributed by atoms with van der Waals surface area (Å²) in [5.74, 6) is 1.74. The highest BCUT2D eigenvalue weighted by molar-refractivity contribution is 7.21. The van der Waals surface area contributed by atoms with E-state index in [-0.39, 0.29) is 0 Å². The molecule has 4 aromatic heterocycles. The molecule has 10 rings (SSSR count). The minimum atomic E-state index is 0.561. The van der Waals surface area contributed by atoms with Gasteiger partial charge in [0.15, 0.2) is 11.6 Å². The molecule has 6 aromatic carbocycles. The van der Waals surface area contributed by atoms with Crippen molar-refractivity contribution in [2.24, 2.45) is 0 Å². The van der Waals surface area contributed by atoms with E-state index in [1.165, 1.54) is 0 Å². The van der Waals surface area contributed by atoms with Gasteiger partial charge in [-0.25, -0.2) is 9.97 Å². The molecule has 0 amide bonds. The summed E-state index contributed by atoms with van der Waals surface area (Å²) in [6.07, 6.45) is 0. The molecule has 0 N–H and O–H groups in total. The van der Waals surface area contributed by atoms with Crippen LogP contribution in [0, 0.1) is 0 Å². The summed E-state index contributed by atoms with van der Waals surface area (Å²) in [6, 6.07) is 47.5. The van der Waals surface area contributed by atoms with Gasteiger partial charge in [-0.2, -0.15) is 9.97 Å². The Morgan fingerprint density at radius 3 is 2.04 bits per heavy atom. The molecule has 47 heavy (non-hydrogen) atoms. The number of nitrogens with zero attached hydrogens (tertiary/aromatic N) is 5. The average molecular weight is 622 g/mol. The van der Waals surface area contributed by atoms with Crippen molar-refractivity contribution in [3.8, 4) is 39.3 Å². The third-order valence-corrected chi connectivity index (χ3v) is 9.80.